The van der Waals surface area contributed by atoms with Crippen molar-refractivity contribution in [2.75, 3.05) is 5.32 Å². The Hall–Kier alpha value is -3.83. The van der Waals surface area contributed by atoms with Crippen molar-refractivity contribution in [3.8, 4) is 5.95 Å². The second-order valence-electron chi connectivity index (χ2n) is 6.49. The molecule has 0 bridgehead atoms. The van der Waals surface area contributed by atoms with E-state index in [9.17, 15) is 19.2 Å². The Labute approximate surface area is 170 Å². The SMILES string of the molecule is NC(=O)c1cnc(-n2ncc3c(B(O)O)cccc32)nc1NCc1cccc(F)c1. The Morgan fingerprint density at radius 3 is 2.73 bits per heavy atom. The van der Waals surface area contributed by atoms with Crippen LogP contribution >= 0.6 is 0 Å². The summed E-state index contributed by atoms with van der Waals surface area (Å²) in [4.78, 5) is 20.3. The molecule has 0 unspecified atom stereocenters. The number of aromatic nitrogens is 4. The quantitative estimate of drug-likeness (QED) is 0.339. The Kier molecular flexibility index (Phi) is 5.13. The fourth-order valence-electron chi connectivity index (χ4n) is 3.08. The zero-order valence-electron chi connectivity index (χ0n) is 15.5. The average Bonchev–Trinajstić information content (AvgIpc) is 3.16. The van der Waals surface area contributed by atoms with Crippen LogP contribution in [-0.2, 0) is 6.54 Å². The molecule has 0 aliphatic rings. The van der Waals surface area contributed by atoms with Crippen LogP contribution in [0.25, 0.3) is 16.9 Å². The lowest BCUT2D eigenvalue weighted by Gasteiger charge is -2.11. The van der Waals surface area contributed by atoms with Gasteiger partial charge in [0.15, 0.2) is 0 Å². The third-order valence-electron chi connectivity index (χ3n) is 4.51. The molecule has 11 heteroatoms. The molecule has 30 heavy (non-hydrogen) atoms. The minimum Gasteiger partial charge on any atom is -0.423 e. The van der Waals surface area contributed by atoms with E-state index in [4.69, 9.17) is 5.73 Å². The number of carbonyl (C=O) groups is 1. The van der Waals surface area contributed by atoms with Gasteiger partial charge in [-0.1, -0.05) is 24.3 Å². The number of halogens is 1. The Morgan fingerprint density at radius 1 is 1.20 bits per heavy atom. The number of benzene rings is 2. The predicted molar refractivity (Wildman–Crippen MR) is 109 cm³/mol. The van der Waals surface area contributed by atoms with Crippen LogP contribution < -0.4 is 16.5 Å². The number of hydrogen-bond donors (Lipinski definition) is 4. The Balaban J connectivity index is 1.73. The maximum Gasteiger partial charge on any atom is 0.489 e. The van der Waals surface area contributed by atoms with Crippen LogP contribution in [0.2, 0.25) is 0 Å². The molecule has 0 radical (unpaired) electrons. The van der Waals surface area contributed by atoms with Crippen LogP contribution in [-0.4, -0.2) is 42.8 Å². The van der Waals surface area contributed by atoms with Crippen molar-refractivity contribution < 1.29 is 19.2 Å². The first-order valence-corrected chi connectivity index (χ1v) is 8.92. The van der Waals surface area contributed by atoms with Crippen molar-refractivity contribution in [3.05, 3.63) is 71.8 Å². The van der Waals surface area contributed by atoms with Gasteiger partial charge in [-0.25, -0.2) is 9.37 Å². The van der Waals surface area contributed by atoms with Crippen LogP contribution in [0.1, 0.15) is 15.9 Å². The molecule has 0 spiro atoms. The third kappa shape index (κ3) is 3.71. The number of nitrogens with zero attached hydrogens (tertiary/aromatic N) is 4. The molecule has 0 fully saturated rings. The Morgan fingerprint density at radius 2 is 2.00 bits per heavy atom. The molecule has 0 saturated carbocycles. The lowest BCUT2D eigenvalue weighted by Crippen LogP contribution is -2.30. The van der Waals surface area contributed by atoms with Crippen molar-refractivity contribution in [3.63, 3.8) is 0 Å². The molecule has 2 aromatic heterocycles. The van der Waals surface area contributed by atoms with E-state index in [0.717, 1.165) is 0 Å². The number of anilines is 1. The van der Waals surface area contributed by atoms with Gasteiger partial charge in [0.2, 0.25) is 0 Å². The van der Waals surface area contributed by atoms with E-state index in [1.54, 1.807) is 30.3 Å². The molecule has 2 heterocycles. The van der Waals surface area contributed by atoms with E-state index in [1.165, 1.54) is 29.2 Å². The zero-order chi connectivity index (χ0) is 21.3. The number of nitrogens with two attached hydrogens (primary N) is 1. The predicted octanol–water partition coefficient (Wildman–Crippen LogP) is 0.345. The number of carbonyl (C=O) groups excluding carboxylic acids is 1. The molecular formula is C19H16BFN6O3. The maximum atomic E-state index is 13.4. The molecule has 2 aromatic carbocycles. The second kappa shape index (κ2) is 7.89. The summed E-state index contributed by atoms with van der Waals surface area (Å²) in [5.41, 5.74) is 6.97. The molecular weight excluding hydrogens is 390 g/mol. The average molecular weight is 406 g/mol. The van der Waals surface area contributed by atoms with Gasteiger partial charge >= 0.3 is 7.12 Å². The van der Waals surface area contributed by atoms with Crippen molar-refractivity contribution in [1.82, 2.24) is 19.7 Å². The molecule has 5 N–H and O–H groups in total. The van der Waals surface area contributed by atoms with Crippen LogP contribution in [0, 0.1) is 5.82 Å². The van der Waals surface area contributed by atoms with Crippen molar-refractivity contribution in [1.29, 1.82) is 0 Å². The molecule has 0 aliphatic heterocycles. The first-order valence-electron chi connectivity index (χ1n) is 8.92. The van der Waals surface area contributed by atoms with Gasteiger partial charge in [-0.2, -0.15) is 14.8 Å². The van der Waals surface area contributed by atoms with Crippen molar-refractivity contribution in [2.45, 2.75) is 6.54 Å². The molecule has 9 nitrogen and oxygen atoms in total. The molecule has 4 rings (SSSR count). The topological polar surface area (TPSA) is 139 Å². The van der Waals surface area contributed by atoms with E-state index in [0.29, 0.717) is 16.5 Å². The molecule has 0 aliphatic carbocycles. The monoisotopic (exact) mass is 406 g/mol. The van der Waals surface area contributed by atoms with Gasteiger partial charge in [-0.3, -0.25) is 4.79 Å². The molecule has 0 saturated heterocycles. The lowest BCUT2D eigenvalue weighted by atomic mass is 9.78. The smallest absolute Gasteiger partial charge is 0.423 e. The van der Waals surface area contributed by atoms with Crippen LogP contribution in [0.15, 0.2) is 54.9 Å². The fraction of sp³-hybridized carbons (Fsp3) is 0.0526. The standard InChI is InChI=1S/C19H16BFN6O3/c21-12-4-1-3-11(7-12)8-23-18-14(17(22)28)9-24-19(26-18)27-16-6-2-5-15(20(29)30)13(16)10-25-27/h1-7,9-10,29-30H,8H2,(H2,22,28)(H,23,24,26). The number of nitrogens with one attached hydrogen (secondary N) is 1. The fourth-order valence-corrected chi connectivity index (χ4v) is 3.08. The summed E-state index contributed by atoms with van der Waals surface area (Å²) in [5, 5.41) is 26.8. The molecule has 150 valence electrons. The summed E-state index contributed by atoms with van der Waals surface area (Å²) in [6.07, 6.45) is 2.74. The first kappa shape index (κ1) is 19.5. The summed E-state index contributed by atoms with van der Waals surface area (Å²) in [6.45, 7) is 0.204. The zero-order valence-corrected chi connectivity index (χ0v) is 15.5. The van der Waals surface area contributed by atoms with E-state index in [-0.39, 0.29) is 35.2 Å². The molecule has 4 aromatic rings. The summed E-state index contributed by atoms with van der Waals surface area (Å²) >= 11 is 0. The van der Waals surface area contributed by atoms with E-state index in [1.807, 2.05) is 0 Å². The van der Waals surface area contributed by atoms with E-state index >= 15 is 0 Å². The summed E-state index contributed by atoms with van der Waals surface area (Å²) < 4.78 is 14.8. The third-order valence-corrected chi connectivity index (χ3v) is 4.51. The number of amides is 1. The van der Waals surface area contributed by atoms with Crippen LogP contribution in [0.5, 0.6) is 0 Å². The summed E-state index contributed by atoms with van der Waals surface area (Å²) in [5.74, 6) is -0.794. The summed E-state index contributed by atoms with van der Waals surface area (Å²) in [6, 6.07) is 10.9. The van der Waals surface area contributed by atoms with E-state index < -0.39 is 13.0 Å². The van der Waals surface area contributed by atoms with Gasteiger partial charge in [0.25, 0.3) is 11.9 Å². The van der Waals surface area contributed by atoms with E-state index in [2.05, 4.69) is 20.4 Å². The highest BCUT2D eigenvalue weighted by Gasteiger charge is 2.19. The van der Waals surface area contributed by atoms with Gasteiger partial charge < -0.3 is 21.1 Å². The number of fused-ring (bicyclic) bond motifs is 1. The number of rotatable bonds is 6. The number of primary amides is 1. The normalized spacial score (nSPS) is 10.9. The summed E-state index contributed by atoms with van der Waals surface area (Å²) in [7, 11) is -1.66. The van der Waals surface area contributed by atoms with Gasteiger partial charge in [-0.15, -0.1) is 0 Å². The maximum absolute atomic E-state index is 13.4. The van der Waals surface area contributed by atoms with Crippen molar-refractivity contribution in [2.24, 2.45) is 5.73 Å². The largest absolute Gasteiger partial charge is 0.489 e. The molecule has 0 atom stereocenters. The lowest BCUT2D eigenvalue weighted by molar-refractivity contribution is 0.100. The van der Waals surface area contributed by atoms with Crippen LogP contribution in [0.4, 0.5) is 10.2 Å². The van der Waals surface area contributed by atoms with Gasteiger partial charge in [0.1, 0.15) is 11.6 Å². The highest BCUT2D eigenvalue weighted by atomic mass is 19.1. The van der Waals surface area contributed by atoms with Gasteiger partial charge in [0, 0.05) is 18.1 Å². The highest BCUT2D eigenvalue weighted by molar-refractivity contribution is 6.61. The minimum absolute atomic E-state index is 0.0677. The van der Waals surface area contributed by atoms with Gasteiger partial charge in [-0.05, 0) is 29.2 Å². The van der Waals surface area contributed by atoms with Crippen LogP contribution in [0.3, 0.4) is 0 Å². The van der Waals surface area contributed by atoms with Crippen molar-refractivity contribution >= 4 is 35.2 Å². The number of hydrogen-bond acceptors (Lipinski definition) is 7. The van der Waals surface area contributed by atoms with Gasteiger partial charge in [0.05, 0.1) is 17.3 Å². The Bertz CT molecular complexity index is 1250. The molecule has 1 amide bonds. The second-order valence-corrected chi connectivity index (χ2v) is 6.49. The highest BCUT2D eigenvalue weighted by Crippen LogP contribution is 2.19. The first-order chi connectivity index (χ1) is 14.4. The minimum atomic E-state index is -1.66.